The smallest absolute Gasteiger partial charge is 0.306 e. The van der Waals surface area contributed by atoms with Crippen LogP contribution in [0, 0.1) is 0 Å². The van der Waals surface area contributed by atoms with Gasteiger partial charge in [0.1, 0.15) is 12.7 Å². The number of hydrogen-bond acceptors (Lipinski definition) is 4. The van der Waals surface area contributed by atoms with Gasteiger partial charge in [0.2, 0.25) is 0 Å². The fourth-order valence-corrected chi connectivity index (χ4v) is 1.82. The van der Waals surface area contributed by atoms with E-state index >= 15 is 0 Å². The van der Waals surface area contributed by atoms with Crippen molar-refractivity contribution in [2.24, 2.45) is 0 Å². The van der Waals surface area contributed by atoms with E-state index in [9.17, 15) is 4.79 Å². The van der Waals surface area contributed by atoms with Gasteiger partial charge >= 0.3 is 5.97 Å². The number of unbranched alkanes of at least 4 members (excludes halogenated alkanes) is 1. The molecular formula is C15H19N3O2. The van der Waals surface area contributed by atoms with Crippen LogP contribution in [0.1, 0.15) is 31.7 Å². The molecule has 0 amide bonds. The van der Waals surface area contributed by atoms with Crippen molar-refractivity contribution in [1.82, 2.24) is 14.8 Å². The first-order chi connectivity index (χ1) is 9.79. The Balaban J connectivity index is 1.81. The lowest BCUT2D eigenvalue weighted by molar-refractivity contribution is -0.143. The van der Waals surface area contributed by atoms with Gasteiger partial charge in [-0.15, -0.1) is 10.2 Å². The molecule has 0 bridgehead atoms. The van der Waals surface area contributed by atoms with Crippen molar-refractivity contribution in [2.45, 2.75) is 32.6 Å². The van der Waals surface area contributed by atoms with Crippen LogP contribution in [0.4, 0.5) is 0 Å². The second-order valence-electron chi connectivity index (χ2n) is 4.61. The Kier molecular flexibility index (Phi) is 5.29. The van der Waals surface area contributed by atoms with Gasteiger partial charge in [0.15, 0.2) is 0 Å². The highest BCUT2D eigenvalue weighted by molar-refractivity contribution is 5.69. The molecule has 0 aliphatic heterocycles. The van der Waals surface area contributed by atoms with E-state index in [-0.39, 0.29) is 5.97 Å². The van der Waals surface area contributed by atoms with Crippen LogP contribution >= 0.6 is 0 Å². The van der Waals surface area contributed by atoms with Gasteiger partial charge in [-0.05, 0) is 30.5 Å². The minimum atomic E-state index is -0.124. The van der Waals surface area contributed by atoms with E-state index in [1.807, 2.05) is 28.8 Å². The second-order valence-corrected chi connectivity index (χ2v) is 4.61. The summed E-state index contributed by atoms with van der Waals surface area (Å²) in [5.41, 5.74) is 2.12. The van der Waals surface area contributed by atoms with Crippen LogP contribution in [0.15, 0.2) is 36.9 Å². The van der Waals surface area contributed by atoms with Crippen molar-refractivity contribution in [3.63, 3.8) is 0 Å². The number of aryl methyl sites for hydroxylation is 1. The normalized spacial score (nSPS) is 10.4. The molecule has 5 nitrogen and oxygen atoms in total. The summed E-state index contributed by atoms with van der Waals surface area (Å²) >= 11 is 0. The summed E-state index contributed by atoms with van der Waals surface area (Å²) in [5, 5.41) is 7.54. The molecule has 2 rings (SSSR count). The number of carbonyl (C=O) groups excluding carboxylic acids is 1. The van der Waals surface area contributed by atoms with Crippen LogP contribution in [0.2, 0.25) is 0 Å². The number of esters is 1. The van der Waals surface area contributed by atoms with Gasteiger partial charge < -0.3 is 4.74 Å². The number of nitrogens with zero attached hydrogens (tertiary/aromatic N) is 3. The van der Waals surface area contributed by atoms with Crippen LogP contribution in [0.5, 0.6) is 0 Å². The van der Waals surface area contributed by atoms with Crippen molar-refractivity contribution >= 4 is 5.97 Å². The molecule has 0 aliphatic carbocycles. The van der Waals surface area contributed by atoms with Gasteiger partial charge in [0, 0.05) is 12.1 Å². The molecular weight excluding hydrogens is 254 g/mol. The zero-order valence-corrected chi connectivity index (χ0v) is 11.7. The Labute approximate surface area is 118 Å². The van der Waals surface area contributed by atoms with Gasteiger partial charge in [-0.2, -0.15) is 0 Å². The predicted molar refractivity (Wildman–Crippen MR) is 75.5 cm³/mol. The van der Waals surface area contributed by atoms with E-state index in [4.69, 9.17) is 4.74 Å². The third-order valence-corrected chi connectivity index (χ3v) is 3.03. The van der Waals surface area contributed by atoms with Gasteiger partial charge in [0.05, 0.1) is 6.61 Å². The highest BCUT2D eigenvalue weighted by atomic mass is 16.5. The Hall–Kier alpha value is -2.17. The number of ether oxygens (including phenoxy) is 1. The van der Waals surface area contributed by atoms with Gasteiger partial charge in [-0.3, -0.25) is 9.36 Å². The Morgan fingerprint density at radius 1 is 1.20 bits per heavy atom. The first-order valence-electron chi connectivity index (χ1n) is 6.89. The second kappa shape index (κ2) is 7.43. The largest absolute Gasteiger partial charge is 0.466 e. The molecule has 5 heteroatoms. The topological polar surface area (TPSA) is 57.0 Å². The summed E-state index contributed by atoms with van der Waals surface area (Å²) in [4.78, 5) is 11.5. The molecule has 0 spiro atoms. The third kappa shape index (κ3) is 4.19. The van der Waals surface area contributed by atoms with Crippen LogP contribution < -0.4 is 0 Å². The van der Waals surface area contributed by atoms with E-state index < -0.39 is 0 Å². The summed E-state index contributed by atoms with van der Waals surface area (Å²) in [6.45, 7) is 2.60. The predicted octanol–water partition coefficient (Wildman–Crippen LogP) is 2.54. The lowest BCUT2D eigenvalue weighted by Crippen LogP contribution is -2.06. The van der Waals surface area contributed by atoms with Crippen LogP contribution in [-0.2, 0) is 16.0 Å². The Morgan fingerprint density at radius 2 is 1.90 bits per heavy atom. The zero-order chi connectivity index (χ0) is 14.2. The molecule has 0 unspecified atom stereocenters. The van der Waals surface area contributed by atoms with Crippen molar-refractivity contribution in [3.05, 3.63) is 42.5 Å². The van der Waals surface area contributed by atoms with E-state index in [2.05, 4.69) is 17.1 Å². The summed E-state index contributed by atoms with van der Waals surface area (Å²) < 4.78 is 6.96. The average Bonchev–Trinajstić information content (AvgIpc) is 3.00. The minimum Gasteiger partial charge on any atom is -0.466 e. The molecule has 106 valence electrons. The lowest BCUT2D eigenvalue weighted by Gasteiger charge is -2.05. The number of hydrogen-bond donors (Lipinski definition) is 0. The molecule has 0 radical (unpaired) electrons. The number of carbonyl (C=O) groups is 1. The molecule has 0 saturated carbocycles. The van der Waals surface area contributed by atoms with Crippen molar-refractivity contribution in [2.75, 3.05) is 6.61 Å². The molecule has 1 aromatic heterocycles. The molecule has 0 saturated heterocycles. The SMILES string of the molecule is CCCCOC(=O)CCc1ccc(-n2cnnc2)cc1. The fraction of sp³-hybridized carbons (Fsp3) is 0.400. The molecule has 1 heterocycles. The number of rotatable bonds is 7. The summed E-state index contributed by atoms with van der Waals surface area (Å²) in [5.74, 6) is -0.124. The molecule has 0 fully saturated rings. The quantitative estimate of drug-likeness (QED) is 0.574. The van der Waals surface area contributed by atoms with E-state index in [1.165, 1.54) is 0 Å². The summed E-state index contributed by atoms with van der Waals surface area (Å²) in [6, 6.07) is 7.99. The van der Waals surface area contributed by atoms with Crippen LogP contribution in [0.25, 0.3) is 5.69 Å². The molecule has 20 heavy (non-hydrogen) atoms. The Morgan fingerprint density at radius 3 is 2.55 bits per heavy atom. The standard InChI is InChI=1S/C15H19N3O2/c1-2-3-10-20-15(19)9-6-13-4-7-14(8-5-13)18-11-16-17-12-18/h4-5,7-8,11-12H,2-3,6,9-10H2,1H3. The lowest BCUT2D eigenvalue weighted by atomic mass is 10.1. The maximum Gasteiger partial charge on any atom is 0.306 e. The minimum absolute atomic E-state index is 0.124. The first-order valence-corrected chi connectivity index (χ1v) is 6.89. The highest BCUT2D eigenvalue weighted by Crippen LogP contribution is 2.10. The van der Waals surface area contributed by atoms with Crippen molar-refractivity contribution in [1.29, 1.82) is 0 Å². The van der Waals surface area contributed by atoms with Gasteiger partial charge in [-0.25, -0.2) is 0 Å². The highest BCUT2D eigenvalue weighted by Gasteiger charge is 2.04. The van der Waals surface area contributed by atoms with E-state index in [0.29, 0.717) is 19.4 Å². The summed E-state index contributed by atoms with van der Waals surface area (Å²) in [6.07, 6.45) is 6.40. The monoisotopic (exact) mass is 273 g/mol. The molecule has 2 aromatic rings. The average molecular weight is 273 g/mol. The molecule has 0 N–H and O–H groups in total. The maximum atomic E-state index is 11.5. The van der Waals surface area contributed by atoms with Crippen LogP contribution in [-0.4, -0.2) is 27.3 Å². The summed E-state index contributed by atoms with van der Waals surface area (Å²) in [7, 11) is 0. The van der Waals surface area contributed by atoms with Crippen LogP contribution in [0.3, 0.4) is 0 Å². The first kappa shape index (κ1) is 14.2. The van der Waals surface area contributed by atoms with Gasteiger partial charge in [0.25, 0.3) is 0 Å². The van der Waals surface area contributed by atoms with Crippen molar-refractivity contribution in [3.8, 4) is 5.69 Å². The van der Waals surface area contributed by atoms with Gasteiger partial charge in [-0.1, -0.05) is 25.5 Å². The Bertz CT molecular complexity index is 521. The fourth-order valence-electron chi connectivity index (χ4n) is 1.82. The number of benzene rings is 1. The van der Waals surface area contributed by atoms with E-state index in [1.54, 1.807) is 12.7 Å². The molecule has 1 aromatic carbocycles. The van der Waals surface area contributed by atoms with Crippen molar-refractivity contribution < 1.29 is 9.53 Å². The zero-order valence-electron chi connectivity index (χ0n) is 11.7. The number of aromatic nitrogens is 3. The third-order valence-electron chi connectivity index (χ3n) is 3.03. The molecule has 0 aliphatic rings. The molecule has 0 atom stereocenters. The maximum absolute atomic E-state index is 11.5. The van der Waals surface area contributed by atoms with E-state index in [0.717, 1.165) is 24.1 Å².